The molecule has 0 bridgehead atoms. The zero-order valence-corrected chi connectivity index (χ0v) is 22.4. The number of nitrogens with one attached hydrogen (secondary N) is 2. The van der Waals surface area contributed by atoms with E-state index in [1.165, 1.54) is 10.3 Å². The van der Waals surface area contributed by atoms with Crippen LogP contribution in [0.25, 0.3) is 11.4 Å². The van der Waals surface area contributed by atoms with E-state index in [2.05, 4.69) is 59.0 Å². The van der Waals surface area contributed by atoms with E-state index in [-0.39, 0.29) is 11.1 Å². The first kappa shape index (κ1) is 25.4. The number of aromatic nitrogens is 6. The van der Waals surface area contributed by atoms with Crippen molar-refractivity contribution in [3.8, 4) is 11.4 Å². The molecule has 1 aliphatic heterocycles. The fourth-order valence-corrected chi connectivity index (χ4v) is 4.25. The first-order valence-electron chi connectivity index (χ1n) is 12.4. The van der Waals surface area contributed by atoms with Crippen LogP contribution in [-0.2, 0) is 7.05 Å². The van der Waals surface area contributed by atoms with Crippen molar-refractivity contribution in [2.24, 2.45) is 12.5 Å². The summed E-state index contributed by atoms with van der Waals surface area (Å²) in [6.45, 7) is 13.3. The lowest BCUT2D eigenvalue weighted by Crippen LogP contribution is -2.32. The number of aromatic amines is 1. The standard InChI is InChI=1S/C26H37N9O/c1-17-9-8-13-35(14-12-17)24-30-22(29-23(31-24)33(6)16-26(3,4)5)27-20-15-19(11-10-18(20)2)21-28-25(36)34(7)32-21/h9-11,15H,8,12-14,16H2,1-7H3,(H,28,32,36)(H,27,29,30,31). The fraction of sp³-hybridized carbons (Fsp3) is 0.500. The molecule has 0 atom stereocenters. The third-order valence-corrected chi connectivity index (χ3v) is 6.14. The third kappa shape index (κ3) is 6.10. The summed E-state index contributed by atoms with van der Waals surface area (Å²) in [7, 11) is 3.64. The highest BCUT2D eigenvalue weighted by atomic mass is 16.1. The van der Waals surface area contributed by atoms with Gasteiger partial charge in [0.25, 0.3) is 0 Å². The minimum atomic E-state index is -0.254. The number of anilines is 4. The predicted octanol–water partition coefficient (Wildman–Crippen LogP) is 4.04. The van der Waals surface area contributed by atoms with E-state index >= 15 is 0 Å². The molecule has 3 heterocycles. The molecule has 0 radical (unpaired) electrons. The second kappa shape index (κ2) is 10.1. The Bertz CT molecular complexity index is 1320. The maximum absolute atomic E-state index is 11.9. The quantitative estimate of drug-likeness (QED) is 0.498. The van der Waals surface area contributed by atoms with Crippen LogP contribution >= 0.6 is 0 Å². The molecule has 1 aromatic carbocycles. The minimum absolute atomic E-state index is 0.0866. The third-order valence-electron chi connectivity index (χ3n) is 6.14. The van der Waals surface area contributed by atoms with Gasteiger partial charge in [0.2, 0.25) is 17.8 Å². The van der Waals surface area contributed by atoms with Crippen LogP contribution in [-0.4, -0.2) is 56.4 Å². The molecular weight excluding hydrogens is 454 g/mol. The van der Waals surface area contributed by atoms with Gasteiger partial charge in [0.1, 0.15) is 0 Å². The zero-order valence-electron chi connectivity index (χ0n) is 22.4. The first-order valence-corrected chi connectivity index (χ1v) is 12.4. The molecule has 10 heteroatoms. The van der Waals surface area contributed by atoms with Crippen LogP contribution in [0, 0.1) is 12.3 Å². The van der Waals surface area contributed by atoms with E-state index in [0.29, 0.717) is 23.7 Å². The molecule has 3 aromatic rings. The van der Waals surface area contributed by atoms with Crippen molar-refractivity contribution in [1.29, 1.82) is 0 Å². The number of nitrogens with zero attached hydrogens (tertiary/aromatic N) is 7. The van der Waals surface area contributed by atoms with Crippen molar-refractivity contribution in [3.63, 3.8) is 0 Å². The highest BCUT2D eigenvalue weighted by Crippen LogP contribution is 2.27. The molecule has 2 N–H and O–H groups in total. The van der Waals surface area contributed by atoms with Crippen LogP contribution in [0.1, 0.15) is 46.1 Å². The summed E-state index contributed by atoms with van der Waals surface area (Å²) in [5.41, 5.74) is 3.90. The van der Waals surface area contributed by atoms with Crippen molar-refractivity contribution < 1.29 is 0 Å². The Kier molecular flexibility index (Phi) is 7.14. The lowest BCUT2D eigenvalue weighted by Gasteiger charge is -2.28. The van der Waals surface area contributed by atoms with Crippen molar-refractivity contribution in [3.05, 3.63) is 45.9 Å². The van der Waals surface area contributed by atoms with Crippen molar-refractivity contribution in [1.82, 2.24) is 29.7 Å². The Balaban J connectivity index is 1.70. The predicted molar refractivity (Wildman–Crippen MR) is 145 cm³/mol. The number of aryl methyl sites for hydroxylation is 2. The average Bonchev–Trinajstić information content (AvgIpc) is 2.99. The van der Waals surface area contributed by atoms with Gasteiger partial charge in [0, 0.05) is 45.0 Å². The molecule has 192 valence electrons. The molecule has 0 unspecified atom stereocenters. The molecule has 0 saturated heterocycles. The van der Waals surface area contributed by atoms with E-state index in [0.717, 1.165) is 49.3 Å². The van der Waals surface area contributed by atoms with Gasteiger partial charge in [-0.15, -0.1) is 0 Å². The average molecular weight is 492 g/mol. The number of H-pyrrole nitrogens is 1. The highest BCUT2D eigenvalue weighted by Gasteiger charge is 2.21. The molecule has 0 fully saturated rings. The van der Waals surface area contributed by atoms with Crippen LogP contribution in [0.4, 0.5) is 23.5 Å². The molecule has 10 nitrogen and oxygen atoms in total. The number of hydrogen-bond acceptors (Lipinski definition) is 8. The highest BCUT2D eigenvalue weighted by molar-refractivity contribution is 5.68. The summed E-state index contributed by atoms with van der Waals surface area (Å²) >= 11 is 0. The van der Waals surface area contributed by atoms with Crippen molar-refractivity contribution in [2.45, 2.75) is 47.5 Å². The van der Waals surface area contributed by atoms with Crippen molar-refractivity contribution >= 4 is 23.5 Å². The van der Waals surface area contributed by atoms with Gasteiger partial charge in [-0.05, 0) is 43.7 Å². The fourth-order valence-electron chi connectivity index (χ4n) is 4.25. The number of hydrogen-bond donors (Lipinski definition) is 2. The smallest absolute Gasteiger partial charge is 0.343 e. The van der Waals surface area contributed by atoms with Gasteiger partial charge in [-0.1, -0.05) is 44.6 Å². The van der Waals surface area contributed by atoms with Gasteiger partial charge in [-0.3, -0.25) is 4.98 Å². The van der Waals surface area contributed by atoms with E-state index in [4.69, 9.17) is 15.0 Å². The van der Waals surface area contributed by atoms with Crippen LogP contribution in [0.3, 0.4) is 0 Å². The van der Waals surface area contributed by atoms with E-state index in [1.807, 2.05) is 32.2 Å². The maximum Gasteiger partial charge on any atom is 0.343 e. The molecule has 2 aromatic heterocycles. The topological polar surface area (TPSA) is 108 Å². The first-order chi connectivity index (χ1) is 17.0. The zero-order chi connectivity index (χ0) is 26.0. The molecule has 4 rings (SSSR count). The van der Waals surface area contributed by atoms with Crippen molar-refractivity contribution in [2.75, 3.05) is 41.8 Å². The molecule has 0 aliphatic carbocycles. The Morgan fingerprint density at radius 3 is 2.61 bits per heavy atom. The van der Waals surface area contributed by atoms with Gasteiger partial charge in [-0.25, -0.2) is 9.48 Å². The monoisotopic (exact) mass is 491 g/mol. The Labute approximate surface area is 212 Å². The van der Waals surface area contributed by atoms with E-state index < -0.39 is 0 Å². The van der Waals surface area contributed by atoms with Crippen LogP contribution in [0.15, 0.2) is 34.6 Å². The van der Waals surface area contributed by atoms with Gasteiger partial charge >= 0.3 is 5.69 Å². The molecule has 1 aliphatic rings. The van der Waals surface area contributed by atoms with E-state index in [9.17, 15) is 4.79 Å². The lowest BCUT2D eigenvalue weighted by atomic mass is 9.96. The summed E-state index contributed by atoms with van der Waals surface area (Å²) < 4.78 is 1.29. The lowest BCUT2D eigenvalue weighted by molar-refractivity contribution is 0.416. The second-order valence-corrected chi connectivity index (χ2v) is 10.8. The second-order valence-electron chi connectivity index (χ2n) is 10.8. The Morgan fingerprint density at radius 2 is 1.92 bits per heavy atom. The maximum atomic E-state index is 11.9. The molecule has 0 spiro atoms. The summed E-state index contributed by atoms with van der Waals surface area (Å²) in [5.74, 6) is 2.31. The molecule has 0 saturated carbocycles. The van der Waals surface area contributed by atoms with Gasteiger partial charge < -0.3 is 15.1 Å². The summed E-state index contributed by atoms with van der Waals surface area (Å²) in [5, 5.41) is 7.69. The Hall–Kier alpha value is -3.69. The number of benzene rings is 1. The van der Waals surface area contributed by atoms with E-state index in [1.54, 1.807) is 7.05 Å². The van der Waals surface area contributed by atoms with Crippen LogP contribution in [0.5, 0.6) is 0 Å². The summed E-state index contributed by atoms with van der Waals surface area (Å²) in [6, 6.07) is 5.88. The summed E-state index contributed by atoms with van der Waals surface area (Å²) in [6.07, 6.45) is 4.26. The SMILES string of the molecule is CC1=CCCN(c2nc(Nc3cc(-c4nn(C)c(=O)[nH]4)ccc3C)nc(N(C)CC(C)(C)C)n2)CC1. The normalized spacial score (nSPS) is 14.4. The Morgan fingerprint density at radius 1 is 1.14 bits per heavy atom. The minimum Gasteiger partial charge on any atom is -0.343 e. The van der Waals surface area contributed by atoms with Gasteiger partial charge in [-0.2, -0.15) is 20.1 Å². The van der Waals surface area contributed by atoms with Crippen LogP contribution < -0.4 is 20.8 Å². The van der Waals surface area contributed by atoms with Gasteiger partial charge in [0.05, 0.1) is 0 Å². The molecule has 0 amide bonds. The molecular formula is C26H37N9O. The van der Waals surface area contributed by atoms with Gasteiger partial charge in [0.15, 0.2) is 5.82 Å². The summed E-state index contributed by atoms with van der Waals surface area (Å²) in [4.78, 5) is 33.5. The largest absolute Gasteiger partial charge is 0.343 e. The molecule has 36 heavy (non-hydrogen) atoms. The number of rotatable bonds is 6. The van der Waals surface area contributed by atoms with Crippen LogP contribution in [0.2, 0.25) is 0 Å².